The lowest BCUT2D eigenvalue weighted by Crippen LogP contribution is -1.98. The third kappa shape index (κ3) is 1.06. The van der Waals surface area contributed by atoms with Gasteiger partial charge in [-0.1, -0.05) is 0 Å². The highest BCUT2D eigenvalue weighted by molar-refractivity contribution is 5.93. The van der Waals surface area contributed by atoms with E-state index in [0.29, 0.717) is 0 Å². The first kappa shape index (κ1) is 5.29. The van der Waals surface area contributed by atoms with Crippen LogP contribution in [0.5, 0.6) is 0 Å². The minimum absolute atomic E-state index is 1.09. The smallest absolute Gasteiger partial charge is 0.0393 e. The molecule has 0 aromatic rings. The van der Waals surface area contributed by atoms with E-state index >= 15 is 0 Å². The summed E-state index contributed by atoms with van der Waals surface area (Å²) in [6.45, 7) is 4.06. The molecule has 0 aromatic carbocycles. The molecule has 0 N–H and O–H groups in total. The summed E-state index contributed by atoms with van der Waals surface area (Å²) in [6.07, 6.45) is 5.87. The van der Waals surface area contributed by atoms with Crippen LogP contribution in [0.3, 0.4) is 0 Å². The molecule has 0 saturated heterocycles. The van der Waals surface area contributed by atoms with Crippen LogP contribution in [0.2, 0.25) is 0 Å². The van der Waals surface area contributed by atoms with E-state index in [2.05, 4.69) is 18.0 Å². The highest BCUT2D eigenvalue weighted by atomic mass is 14.7. The molecular weight excluding hydrogens is 98.1 g/mol. The standard InChI is InChI=1S/C7H9N/c1-6-3-4-8-7(2)5-6/h3-5H,1-2H3/q+1. The maximum Gasteiger partial charge on any atom is 0.251 e. The maximum absolute atomic E-state index is 4.04. The van der Waals surface area contributed by atoms with Crippen molar-refractivity contribution in [2.75, 3.05) is 0 Å². The Morgan fingerprint density at radius 1 is 1.38 bits per heavy atom. The van der Waals surface area contributed by atoms with Crippen LogP contribution in [0.4, 0.5) is 0 Å². The van der Waals surface area contributed by atoms with Crippen molar-refractivity contribution in [1.29, 1.82) is 0 Å². The molecule has 0 unspecified atom stereocenters. The van der Waals surface area contributed by atoms with E-state index in [4.69, 9.17) is 0 Å². The molecule has 1 rings (SSSR count). The third-order valence-electron chi connectivity index (χ3n) is 1.05. The van der Waals surface area contributed by atoms with Crippen LogP contribution in [0.1, 0.15) is 13.8 Å². The Labute approximate surface area is 49.4 Å². The second-order valence-electron chi connectivity index (χ2n) is 1.97. The average molecular weight is 107 g/mol. The Morgan fingerprint density at radius 3 is 2.50 bits per heavy atom. The van der Waals surface area contributed by atoms with Crippen LogP contribution >= 0.6 is 0 Å². The third-order valence-corrected chi connectivity index (χ3v) is 1.05. The molecule has 0 amide bonds. The van der Waals surface area contributed by atoms with Gasteiger partial charge >= 0.3 is 0 Å². The molecule has 1 heteroatoms. The summed E-state index contributed by atoms with van der Waals surface area (Å²) in [6, 6.07) is 0. The Kier molecular flexibility index (Phi) is 1.29. The van der Waals surface area contributed by atoms with E-state index in [0.717, 1.165) is 5.71 Å². The lowest BCUT2D eigenvalue weighted by molar-refractivity contribution is 1.31. The summed E-state index contributed by atoms with van der Waals surface area (Å²) in [5.41, 5.74) is 2.36. The fraction of sp³-hybridized carbons (Fsp3) is 0.286. The summed E-state index contributed by atoms with van der Waals surface area (Å²) < 4.78 is 0. The van der Waals surface area contributed by atoms with Crippen LogP contribution in [0.15, 0.2) is 23.9 Å². The van der Waals surface area contributed by atoms with E-state index < -0.39 is 0 Å². The van der Waals surface area contributed by atoms with Crippen molar-refractivity contribution < 1.29 is 0 Å². The van der Waals surface area contributed by atoms with Gasteiger partial charge in [-0.25, -0.2) is 0 Å². The van der Waals surface area contributed by atoms with Crippen LogP contribution in [0, 0.1) is 0 Å². The minimum atomic E-state index is 1.09. The molecule has 0 saturated carbocycles. The zero-order valence-electron chi connectivity index (χ0n) is 5.18. The Hall–Kier alpha value is -0.850. The van der Waals surface area contributed by atoms with Gasteiger partial charge in [-0.05, 0) is 12.5 Å². The highest BCUT2D eigenvalue weighted by Crippen LogP contribution is 1.96. The number of nitrogens with zero attached hydrogens (tertiary/aromatic N) is 1. The van der Waals surface area contributed by atoms with Crippen LogP contribution in [0.25, 0.3) is 0 Å². The Bertz CT molecular complexity index is 170. The summed E-state index contributed by atoms with van der Waals surface area (Å²) in [5, 5.41) is 0. The molecule has 1 heterocycles. The first-order valence-corrected chi connectivity index (χ1v) is 2.68. The molecule has 8 heavy (non-hydrogen) atoms. The molecule has 0 bridgehead atoms. The van der Waals surface area contributed by atoms with Gasteiger partial charge < -0.3 is 0 Å². The first-order chi connectivity index (χ1) is 3.79. The molecule has 0 fully saturated rings. The molecule has 0 aromatic heterocycles. The van der Waals surface area contributed by atoms with Crippen molar-refractivity contribution >= 4 is 5.71 Å². The summed E-state index contributed by atoms with van der Waals surface area (Å²) in [4.78, 5) is 4.04. The lowest BCUT2D eigenvalue weighted by Gasteiger charge is -1.85. The highest BCUT2D eigenvalue weighted by Gasteiger charge is 2.01. The van der Waals surface area contributed by atoms with Gasteiger partial charge in [0.2, 0.25) is 6.20 Å². The fourth-order valence-electron chi connectivity index (χ4n) is 0.687. The van der Waals surface area contributed by atoms with Gasteiger partial charge in [0.25, 0.3) is 5.71 Å². The van der Waals surface area contributed by atoms with Crippen LogP contribution in [-0.4, -0.2) is 5.71 Å². The monoisotopic (exact) mass is 107 g/mol. The number of allylic oxidation sites excluding steroid dienone is 3. The molecule has 1 aliphatic rings. The van der Waals surface area contributed by atoms with E-state index in [1.807, 2.05) is 19.2 Å². The minimum Gasteiger partial charge on any atom is -0.0393 e. The van der Waals surface area contributed by atoms with Crippen molar-refractivity contribution in [3.05, 3.63) is 23.9 Å². The predicted molar refractivity (Wildman–Crippen MR) is 35.7 cm³/mol. The van der Waals surface area contributed by atoms with E-state index in [-0.39, 0.29) is 0 Å². The fourth-order valence-corrected chi connectivity index (χ4v) is 0.687. The van der Waals surface area contributed by atoms with E-state index in [9.17, 15) is 0 Å². The zero-order chi connectivity index (χ0) is 5.98. The van der Waals surface area contributed by atoms with Gasteiger partial charge in [-0.15, -0.1) is 0 Å². The second kappa shape index (κ2) is 1.95. The Balaban J connectivity index is 2.89. The van der Waals surface area contributed by atoms with Crippen molar-refractivity contribution in [3.63, 3.8) is 0 Å². The van der Waals surface area contributed by atoms with Gasteiger partial charge in [0.15, 0.2) is 0 Å². The van der Waals surface area contributed by atoms with E-state index in [1.165, 1.54) is 5.57 Å². The van der Waals surface area contributed by atoms with Gasteiger partial charge in [0.05, 0.1) is 4.99 Å². The van der Waals surface area contributed by atoms with Crippen molar-refractivity contribution in [1.82, 2.24) is 4.99 Å². The average Bonchev–Trinajstić information content (AvgIpc) is 1.64. The molecule has 0 aliphatic carbocycles. The lowest BCUT2D eigenvalue weighted by atomic mass is 10.2. The molecule has 0 atom stereocenters. The molecular formula is C7H9N+. The van der Waals surface area contributed by atoms with E-state index in [1.54, 1.807) is 0 Å². The molecule has 1 radical (unpaired) electrons. The number of aliphatic imine (C=N–C) groups is 1. The van der Waals surface area contributed by atoms with Gasteiger partial charge in [0, 0.05) is 19.1 Å². The quantitative estimate of drug-likeness (QED) is 0.442. The first-order valence-electron chi connectivity index (χ1n) is 2.68. The maximum atomic E-state index is 4.04. The van der Waals surface area contributed by atoms with Crippen molar-refractivity contribution in [2.45, 2.75) is 13.8 Å². The number of rotatable bonds is 0. The summed E-state index contributed by atoms with van der Waals surface area (Å²) >= 11 is 0. The summed E-state index contributed by atoms with van der Waals surface area (Å²) in [5.74, 6) is 0. The molecule has 41 valence electrons. The topological polar surface area (TPSA) is 14.1 Å². The van der Waals surface area contributed by atoms with Crippen molar-refractivity contribution in [2.24, 2.45) is 0 Å². The van der Waals surface area contributed by atoms with Crippen molar-refractivity contribution in [3.8, 4) is 0 Å². The van der Waals surface area contributed by atoms with Gasteiger partial charge in [-0.3, -0.25) is 0 Å². The largest absolute Gasteiger partial charge is 0.251 e. The predicted octanol–water partition coefficient (Wildman–Crippen LogP) is 1.26. The second-order valence-corrected chi connectivity index (χ2v) is 1.97. The summed E-state index contributed by atoms with van der Waals surface area (Å²) in [7, 11) is 0. The Morgan fingerprint density at radius 2 is 2.12 bits per heavy atom. The molecule has 1 aliphatic heterocycles. The van der Waals surface area contributed by atoms with Gasteiger partial charge in [0.1, 0.15) is 0 Å². The van der Waals surface area contributed by atoms with Crippen LogP contribution < -0.4 is 4.99 Å². The van der Waals surface area contributed by atoms with Crippen LogP contribution in [-0.2, 0) is 0 Å². The molecule has 1 nitrogen and oxygen atoms in total. The molecule has 0 spiro atoms. The normalized spacial score (nSPS) is 17.8. The zero-order valence-corrected chi connectivity index (χ0v) is 5.18. The SMILES string of the molecule is CC1=CC(C)=[N+]C=C1. The number of hydrogen-bond donors (Lipinski definition) is 0. The number of hydrogen-bond acceptors (Lipinski definition) is 1. The van der Waals surface area contributed by atoms with Gasteiger partial charge in [-0.2, -0.15) is 0 Å².